The first-order valence-electron chi connectivity index (χ1n) is 8.11. The second kappa shape index (κ2) is 7.62. The predicted octanol–water partition coefficient (Wildman–Crippen LogP) is 3.93. The van der Waals surface area contributed by atoms with Crippen LogP contribution in [0, 0.1) is 0 Å². The number of ether oxygens (including phenoxy) is 1. The summed E-state index contributed by atoms with van der Waals surface area (Å²) in [5.74, 6) is 0.653. The van der Waals surface area contributed by atoms with Crippen molar-refractivity contribution in [2.45, 2.75) is 13.3 Å². The largest absolute Gasteiger partial charge is 0.497 e. The smallest absolute Gasteiger partial charge is 0.244 e. The first-order valence-corrected chi connectivity index (χ1v) is 8.11. The van der Waals surface area contributed by atoms with Crippen molar-refractivity contribution in [3.05, 3.63) is 77.9 Å². The number of benzene rings is 3. The molecule has 0 saturated carbocycles. The van der Waals surface area contributed by atoms with Crippen LogP contribution in [0.3, 0.4) is 0 Å². The molecular weight excluding hydrogens is 312 g/mol. The van der Waals surface area contributed by atoms with E-state index in [-0.39, 0.29) is 5.91 Å². The first-order chi connectivity index (χ1) is 12.2. The third-order valence-electron chi connectivity index (χ3n) is 4.09. The third kappa shape index (κ3) is 4.04. The van der Waals surface area contributed by atoms with E-state index in [9.17, 15) is 4.79 Å². The van der Waals surface area contributed by atoms with Crippen LogP contribution in [0.4, 0.5) is 0 Å². The van der Waals surface area contributed by atoms with E-state index in [0.29, 0.717) is 6.42 Å². The van der Waals surface area contributed by atoms with Gasteiger partial charge in [-0.25, -0.2) is 5.43 Å². The lowest BCUT2D eigenvalue weighted by atomic mass is 10.0. The molecule has 0 bridgehead atoms. The Morgan fingerprint density at radius 3 is 2.48 bits per heavy atom. The molecule has 4 heteroatoms. The average Bonchev–Trinajstić information content (AvgIpc) is 2.66. The van der Waals surface area contributed by atoms with E-state index in [2.05, 4.69) is 10.5 Å². The van der Waals surface area contributed by atoms with E-state index in [4.69, 9.17) is 4.74 Å². The highest BCUT2D eigenvalue weighted by Gasteiger charge is 2.06. The number of carbonyl (C=O) groups is 1. The summed E-state index contributed by atoms with van der Waals surface area (Å²) in [5.41, 5.74) is 5.31. The highest BCUT2D eigenvalue weighted by Crippen LogP contribution is 2.18. The van der Waals surface area contributed by atoms with Crippen LogP contribution in [0.2, 0.25) is 0 Å². The predicted molar refractivity (Wildman–Crippen MR) is 101 cm³/mol. The number of fused-ring (bicyclic) bond motifs is 1. The Bertz CT molecular complexity index is 909. The fourth-order valence-corrected chi connectivity index (χ4v) is 2.70. The summed E-state index contributed by atoms with van der Waals surface area (Å²) in [6, 6.07) is 21.6. The van der Waals surface area contributed by atoms with Crippen LogP contribution < -0.4 is 10.2 Å². The zero-order chi connectivity index (χ0) is 17.6. The monoisotopic (exact) mass is 332 g/mol. The Kier molecular flexibility index (Phi) is 5.09. The lowest BCUT2D eigenvalue weighted by Crippen LogP contribution is -2.21. The van der Waals surface area contributed by atoms with E-state index in [0.717, 1.165) is 33.4 Å². The van der Waals surface area contributed by atoms with Crippen LogP contribution in [0.1, 0.15) is 18.1 Å². The van der Waals surface area contributed by atoms with Crippen molar-refractivity contribution in [2.75, 3.05) is 7.11 Å². The minimum atomic E-state index is -0.135. The number of nitrogens with one attached hydrogen (secondary N) is 1. The number of methoxy groups -OCH3 is 1. The van der Waals surface area contributed by atoms with Crippen molar-refractivity contribution in [3.8, 4) is 5.75 Å². The molecule has 4 nitrogen and oxygen atoms in total. The van der Waals surface area contributed by atoms with Gasteiger partial charge in [-0.1, -0.05) is 42.5 Å². The Morgan fingerprint density at radius 2 is 1.72 bits per heavy atom. The molecule has 3 rings (SSSR count). The Labute approximate surface area is 147 Å². The van der Waals surface area contributed by atoms with Crippen molar-refractivity contribution in [3.63, 3.8) is 0 Å². The van der Waals surface area contributed by atoms with E-state index in [1.807, 2.05) is 73.7 Å². The van der Waals surface area contributed by atoms with Crippen LogP contribution in [0.15, 0.2) is 71.8 Å². The number of carbonyl (C=O) groups excluding carboxylic acids is 1. The Morgan fingerprint density at radius 1 is 1.00 bits per heavy atom. The first kappa shape index (κ1) is 16.7. The molecule has 3 aromatic carbocycles. The third-order valence-corrected chi connectivity index (χ3v) is 4.09. The second-order valence-electron chi connectivity index (χ2n) is 5.78. The topological polar surface area (TPSA) is 50.7 Å². The van der Waals surface area contributed by atoms with Gasteiger partial charge in [-0.15, -0.1) is 0 Å². The van der Waals surface area contributed by atoms with Gasteiger partial charge >= 0.3 is 0 Å². The summed E-state index contributed by atoms with van der Waals surface area (Å²) in [5, 5.41) is 6.43. The van der Waals surface area contributed by atoms with Gasteiger partial charge in [0.15, 0.2) is 0 Å². The van der Waals surface area contributed by atoms with Crippen LogP contribution in [0.25, 0.3) is 10.8 Å². The van der Waals surface area contributed by atoms with Crippen LogP contribution in [-0.4, -0.2) is 18.7 Å². The average molecular weight is 332 g/mol. The van der Waals surface area contributed by atoms with Gasteiger partial charge in [0.1, 0.15) is 5.75 Å². The van der Waals surface area contributed by atoms with Gasteiger partial charge in [0, 0.05) is 0 Å². The lowest BCUT2D eigenvalue weighted by Gasteiger charge is -2.07. The molecule has 3 aromatic rings. The van der Waals surface area contributed by atoms with E-state index < -0.39 is 0 Å². The molecule has 1 N–H and O–H groups in total. The number of rotatable bonds is 5. The number of amides is 1. The molecule has 0 aromatic heterocycles. The van der Waals surface area contributed by atoms with Gasteiger partial charge < -0.3 is 4.74 Å². The molecule has 0 unspecified atom stereocenters. The van der Waals surface area contributed by atoms with Crippen molar-refractivity contribution in [1.82, 2.24) is 5.43 Å². The van der Waals surface area contributed by atoms with Gasteiger partial charge in [0.2, 0.25) is 5.91 Å². The number of hydrazone groups is 1. The minimum absolute atomic E-state index is 0.135. The molecule has 0 saturated heterocycles. The number of hydrogen-bond donors (Lipinski definition) is 1. The molecule has 0 aliphatic rings. The second-order valence-corrected chi connectivity index (χ2v) is 5.78. The molecule has 0 atom stereocenters. The van der Waals surface area contributed by atoms with E-state index in [1.165, 1.54) is 0 Å². The molecule has 0 aliphatic carbocycles. The van der Waals surface area contributed by atoms with Gasteiger partial charge in [-0.3, -0.25) is 4.79 Å². The summed E-state index contributed by atoms with van der Waals surface area (Å²) < 4.78 is 5.14. The zero-order valence-corrected chi connectivity index (χ0v) is 14.3. The lowest BCUT2D eigenvalue weighted by molar-refractivity contribution is -0.120. The zero-order valence-electron chi connectivity index (χ0n) is 14.3. The Balaban J connectivity index is 1.69. The van der Waals surface area contributed by atoms with Crippen molar-refractivity contribution in [1.29, 1.82) is 0 Å². The maximum absolute atomic E-state index is 12.3. The molecule has 25 heavy (non-hydrogen) atoms. The fraction of sp³-hybridized carbons (Fsp3) is 0.143. The highest BCUT2D eigenvalue weighted by molar-refractivity contribution is 5.99. The summed E-state index contributed by atoms with van der Waals surface area (Å²) >= 11 is 0. The fourth-order valence-electron chi connectivity index (χ4n) is 2.70. The Hall–Kier alpha value is -3.14. The maximum atomic E-state index is 12.3. The minimum Gasteiger partial charge on any atom is -0.497 e. The van der Waals surface area contributed by atoms with E-state index in [1.54, 1.807) is 7.11 Å². The molecule has 0 heterocycles. The molecule has 0 aliphatic heterocycles. The molecule has 1 amide bonds. The van der Waals surface area contributed by atoms with Gasteiger partial charge in [-0.2, -0.15) is 5.10 Å². The van der Waals surface area contributed by atoms with Gasteiger partial charge in [0.05, 0.1) is 19.2 Å². The molecular formula is C21H20N2O2. The summed E-state index contributed by atoms with van der Waals surface area (Å²) in [6.07, 6.45) is 0.292. The van der Waals surface area contributed by atoms with Gasteiger partial charge in [0.25, 0.3) is 0 Å². The quantitative estimate of drug-likeness (QED) is 0.568. The van der Waals surface area contributed by atoms with Crippen LogP contribution >= 0.6 is 0 Å². The molecule has 0 fully saturated rings. The summed E-state index contributed by atoms with van der Waals surface area (Å²) in [7, 11) is 1.63. The SMILES string of the molecule is COc1ccc(/C(C)=N/NC(=O)Cc2cccc3ccccc23)cc1. The van der Waals surface area contributed by atoms with Crippen LogP contribution in [-0.2, 0) is 11.2 Å². The number of hydrogen-bond acceptors (Lipinski definition) is 3. The standard InChI is InChI=1S/C21H20N2O2/c1-15(16-10-12-19(25-2)13-11-16)22-23-21(24)14-18-8-5-7-17-6-3-4-9-20(17)18/h3-13H,14H2,1-2H3,(H,23,24)/b22-15+. The van der Waals surface area contributed by atoms with Crippen LogP contribution in [0.5, 0.6) is 5.75 Å². The normalized spacial score (nSPS) is 11.4. The number of nitrogens with zero attached hydrogens (tertiary/aromatic N) is 1. The van der Waals surface area contributed by atoms with Gasteiger partial charge in [-0.05, 0) is 53.1 Å². The van der Waals surface area contributed by atoms with Crippen molar-refractivity contribution < 1.29 is 9.53 Å². The summed E-state index contributed by atoms with van der Waals surface area (Å²) in [4.78, 5) is 12.3. The van der Waals surface area contributed by atoms with E-state index >= 15 is 0 Å². The molecule has 126 valence electrons. The summed E-state index contributed by atoms with van der Waals surface area (Å²) in [6.45, 7) is 1.86. The van der Waals surface area contributed by atoms with Crippen molar-refractivity contribution in [2.24, 2.45) is 5.10 Å². The highest BCUT2D eigenvalue weighted by atomic mass is 16.5. The van der Waals surface area contributed by atoms with Crippen molar-refractivity contribution >= 4 is 22.4 Å². The molecule has 0 spiro atoms. The maximum Gasteiger partial charge on any atom is 0.244 e. The molecule has 0 radical (unpaired) electrons.